The number of hydrogen-bond donors (Lipinski definition) is 1. The summed E-state index contributed by atoms with van der Waals surface area (Å²) >= 11 is 1.55. The molecule has 0 aliphatic heterocycles. The fraction of sp³-hybridized carbons (Fsp3) is 0.176. The summed E-state index contributed by atoms with van der Waals surface area (Å²) in [6.07, 6.45) is 6.95. The molecule has 3 aromatic rings. The van der Waals surface area contributed by atoms with Crippen molar-refractivity contribution in [3.05, 3.63) is 53.8 Å². The summed E-state index contributed by atoms with van der Waals surface area (Å²) in [5.41, 5.74) is 1.52. The van der Waals surface area contributed by atoms with E-state index in [0.717, 1.165) is 10.7 Å². The van der Waals surface area contributed by atoms with E-state index in [2.05, 4.69) is 10.3 Å². The van der Waals surface area contributed by atoms with Gasteiger partial charge in [-0.15, -0.1) is 11.3 Å². The summed E-state index contributed by atoms with van der Waals surface area (Å²) in [6, 6.07) is 7.39. The predicted octanol–water partition coefficient (Wildman–Crippen LogP) is 3.83. The Bertz CT molecular complexity index is 848. The van der Waals surface area contributed by atoms with Crippen molar-refractivity contribution < 1.29 is 9.53 Å². The molecule has 2 aromatic heterocycles. The van der Waals surface area contributed by atoms with Gasteiger partial charge in [0.05, 0.1) is 23.7 Å². The van der Waals surface area contributed by atoms with E-state index < -0.39 is 0 Å². The molecule has 5 nitrogen and oxygen atoms in total. The maximum absolute atomic E-state index is 12.1. The lowest BCUT2D eigenvalue weighted by atomic mass is 10.2. The molecule has 0 bridgehead atoms. The molecule has 0 aliphatic rings. The number of para-hydroxylation sites is 2. The van der Waals surface area contributed by atoms with Gasteiger partial charge in [0.15, 0.2) is 4.96 Å². The first-order valence-electron chi connectivity index (χ1n) is 7.29. The smallest absolute Gasteiger partial charge is 0.248 e. The predicted molar refractivity (Wildman–Crippen MR) is 92.9 cm³/mol. The molecule has 0 spiro atoms. The number of anilines is 1. The molecule has 0 aliphatic carbocycles. The summed E-state index contributed by atoms with van der Waals surface area (Å²) in [5, 5.41) is 4.80. The van der Waals surface area contributed by atoms with Crippen LogP contribution in [0.2, 0.25) is 0 Å². The number of carbonyl (C=O) groups excluding carboxylic acids is 1. The number of fused-ring (bicyclic) bond motifs is 1. The number of hydrogen-bond acceptors (Lipinski definition) is 4. The van der Waals surface area contributed by atoms with Crippen LogP contribution in [0, 0.1) is 0 Å². The SMILES string of the molecule is CC(C)Oc1ccccc1NC(=O)/C=C/c1cnc2sccn12. The van der Waals surface area contributed by atoms with Crippen molar-refractivity contribution >= 4 is 34.0 Å². The topological polar surface area (TPSA) is 55.6 Å². The molecular weight excluding hydrogens is 310 g/mol. The van der Waals surface area contributed by atoms with Gasteiger partial charge in [-0.3, -0.25) is 9.20 Å². The van der Waals surface area contributed by atoms with Crippen molar-refractivity contribution in [2.75, 3.05) is 5.32 Å². The zero-order valence-electron chi connectivity index (χ0n) is 12.9. The lowest BCUT2D eigenvalue weighted by Crippen LogP contribution is -2.12. The molecule has 1 N–H and O–H groups in total. The number of benzene rings is 1. The Hall–Kier alpha value is -2.60. The van der Waals surface area contributed by atoms with Crippen molar-refractivity contribution in [1.82, 2.24) is 9.38 Å². The lowest BCUT2D eigenvalue weighted by molar-refractivity contribution is -0.111. The fourth-order valence-corrected chi connectivity index (χ4v) is 2.83. The zero-order chi connectivity index (χ0) is 16.2. The van der Waals surface area contributed by atoms with Gasteiger partial charge < -0.3 is 10.1 Å². The van der Waals surface area contributed by atoms with Crippen LogP contribution in [-0.4, -0.2) is 21.4 Å². The molecule has 6 heteroatoms. The molecule has 23 heavy (non-hydrogen) atoms. The van der Waals surface area contributed by atoms with Crippen LogP contribution in [-0.2, 0) is 4.79 Å². The summed E-state index contributed by atoms with van der Waals surface area (Å²) < 4.78 is 7.63. The fourth-order valence-electron chi connectivity index (χ4n) is 2.13. The molecule has 0 radical (unpaired) electrons. The monoisotopic (exact) mass is 327 g/mol. The molecule has 118 valence electrons. The third-order valence-corrected chi connectivity index (χ3v) is 3.86. The summed E-state index contributed by atoms with van der Waals surface area (Å²) in [6.45, 7) is 3.90. The Morgan fingerprint density at radius 1 is 1.39 bits per heavy atom. The zero-order valence-corrected chi connectivity index (χ0v) is 13.7. The molecular formula is C17H17N3O2S. The largest absolute Gasteiger partial charge is 0.489 e. The molecule has 0 unspecified atom stereocenters. The quantitative estimate of drug-likeness (QED) is 0.725. The highest BCUT2D eigenvalue weighted by Gasteiger charge is 2.07. The van der Waals surface area contributed by atoms with E-state index in [1.165, 1.54) is 6.08 Å². The van der Waals surface area contributed by atoms with E-state index >= 15 is 0 Å². The number of amides is 1. The van der Waals surface area contributed by atoms with Crippen LogP contribution in [0.4, 0.5) is 5.69 Å². The van der Waals surface area contributed by atoms with Crippen molar-refractivity contribution in [3.63, 3.8) is 0 Å². The Morgan fingerprint density at radius 2 is 2.22 bits per heavy atom. The first-order chi connectivity index (χ1) is 11.1. The van der Waals surface area contributed by atoms with Crippen LogP contribution in [0.5, 0.6) is 5.75 Å². The van der Waals surface area contributed by atoms with Gasteiger partial charge in [0, 0.05) is 17.7 Å². The van der Waals surface area contributed by atoms with Crippen LogP contribution >= 0.6 is 11.3 Å². The number of nitrogens with one attached hydrogen (secondary N) is 1. The average Bonchev–Trinajstić information content (AvgIpc) is 3.10. The van der Waals surface area contributed by atoms with Gasteiger partial charge in [0.25, 0.3) is 0 Å². The van der Waals surface area contributed by atoms with E-state index in [1.807, 2.05) is 54.1 Å². The second kappa shape index (κ2) is 6.66. The lowest BCUT2D eigenvalue weighted by Gasteiger charge is -2.14. The number of imidazole rings is 1. The second-order valence-electron chi connectivity index (χ2n) is 5.22. The number of thiazole rings is 1. The molecule has 0 atom stereocenters. The number of aromatic nitrogens is 2. The third-order valence-electron chi connectivity index (χ3n) is 3.09. The number of rotatable bonds is 5. The highest BCUT2D eigenvalue weighted by Crippen LogP contribution is 2.24. The van der Waals surface area contributed by atoms with Gasteiger partial charge >= 0.3 is 0 Å². The first kappa shape index (κ1) is 15.3. The highest BCUT2D eigenvalue weighted by atomic mass is 32.1. The van der Waals surface area contributed by atoms with Crippen molar-refractivity contribution in [1.29, 1.82) is 0 Å². The van der Waals surface area contributed by atoms with E-state index in [0.29, 0.717) is 11.4 Å². The molecule has 0 saturated heterocycles. The van der Waals surface area contributed by atoms with Crippen molar-refractivity contribution in [2.24, 2.45) is 0 Å². The van der Waals surface area contributed by atoms with Crippen LogP contribution < -0.4 is 10.1 Å². The Labute approximate surface area is 138 Å². The van der Waals surface area contributed by atoms with Gasteiger partial charge in [-0.05, 0) is 32.1 Å². The van der Waals surface area contributed by atoms with Gasteiger partial charge in [0.1, 0.15) is 5.75 Å². The van der Waals surface area contributed by atoms with Gasteiger partial charge in [-0.2, -0.15) is 0 Å². The Kier molecular flexibility index (Phi) is 4.43. The third kappa shape index (κ3) is 3.60. The standard InChI is InChI=1S/C17H17N3O2S/c1-12(2)22-15-6-4-3-5-14(15)19-16(21)8-7-13-11-18-17-20(13)9-10-23-17/h3-12H,1-2H3,(H,19,21)/b8-7+. The summed E-state index contributed by atoms with van der Waals surface area (Å²) in [5.74, 6) is 0.448. The highest BCUT2D eigenvalue weighted by molar-refractivity contribution is 7.15. The molecule has 1 aromatic carbocycles. The van der Waals surface area contributed by atoms with Crippen molar-refractivity contribution in [2.45, 2.75) is 20.0 Å². The molecule has 1 amide bonds. The number of ether oxygens (including phenoxy) is 1. The van der Waals surface area contributed by atoms with Crippen molar-refractivity contribution in [3.8, 4) is 5.75 Å². The molecule has 3 rings (SSSR count). The van der Waals surface area contributed by atoms with E-state index in [-0.39, 0.29) is 12.0 Å². The average molecular weight is 327 g/mol. The Morgan fingerprint density at radius 3 is 3.04 bits per heavy atom. The van der Waals surface area contributed by atoms with E-state index in [9.17, 15) is 4.79 Å². The van der Waals surface area contributed by atoms with E-state index in [1.54, 1.807) is 23.6 Å². The van der Waals surface area contributed by atoms with Crippen LogP contribution in [0.1, 0.15) is 19.5 Å². The summed E-state index contributed by atoms with van der Waals surface area (Å²) in [4.78, 5) is 17.3. The number of carbonyl (C=O) groups is 1. The van der Waals surface area contributed by atoms with Gasteiger partial charge in [0.2, 0.25) is 5.91 Å². The van der Waals surface area contributed by atoms with Crippen LogP contribution in [0.3, 0.4) is 0 Å². The normalized spacial score (nSPS) is 11.4. The van der Waals surface area contributed by atoms with E-state index in [4.69, 9.17) is 4.74 Å². The maximum atomic E-state index is 12.1. The number of nitrogens with zero attached hydrogens (tertiary/aromatic N) is 2. The minimum atomic E-state index is -0.213. The van der Waals surface area contributed by atoms with Gasteiger partial charge in [-0.1, -0.05) is 12.1 Å². The van der Waals surface area contributed by atoms with Crippen LogP contribution in [0.25, 0.3) is 11.0 Å². The molecule has 0 fully saturated rings. The minimum Gasteiger partial charge on any atom is -0.489 e. The summed E-state index contributed by atoms with van der Waals surface area (Å²) in [7, 11) is 0. The van der Waals surface area contributed by atoms with Crippen LogP contribution in [0.15, 0.2) is 48.1 Å². The second-order valence-corrected chi connectivity index (χ2v) is 6.10. The molecule has 2 heterocycles. The first-order valence-corrected chi connectivity index (χ1v) is 8.17. The minimum absolute atomic E-state index is 0.0438. The Balaban J connectivity index is 1.72. The maximum Gasteiger partial charge on any atom is 0.248 e. The molecule has 0 saturated carbocycles. The van der Waals surface area contributed by atoms with Gasteiger partial charge in [-0.25, -0.2) is 4.98 Å².